The lowest BCUT2D eigenvalue weighted by atomic mass is 9.98. The summed E-state index contributed by atoms with van der Waals surface area (Å²) < 4.78 is 2.44. The summed E-state index contributed by atoms with van der Waals surface area (Å²) in [7, 11) is 0. The molecule has 0 bridgehead atoms. The molecule has 11 aromatic rings. The van der Waals surface area contributed by atoms with Gasteiger partial charge in [0, 0.05) is 39.2 Å². The number of rotatable bonds is 9. The minimum Gasteiger partial charge on any atom is -0.310 e. The third-order valence-corrected chi connectivity index (χ3v) is 11.7. The molecule has 0 fully saturated rings. The van der Waals surface area contributed by atoms with Crippen LogP contribution in [0.1, 0.15) is 0 Å². The molecule has 1 heterocycles. The largest absolute Gasteiger partial charge is 0.310 e. The zero-order valence-corrected chi connectivity index (χ0v) is 33.5. The molecule has 0 aliphatic heterocycles. The summed E-state index contributed by atoms with van der Waals surface area (Å²) >= 11 is 0. The van der Waals surface area contributed by atoms with Crippen molar-refractivity contribution in [3.63, 3.8) is 0 Å². The highest BCUT2D eigenvalue weighted by atomic mass is 15.2. The van der Waals surface area contributed by atoms with E-state index in [0.717, 1.165) is 50.8 Å². The van der Waals surface area contributed by atoms with E-state index < -0.39 is 0 Å². The number of nitrogens with zero attached hydrogens (tertiary/aromatic N) is 3. The monoisotopic (exact) mass is 779 g/mol. The summed E-state index contributed by atoms with van der Waals surface area (Å²) in [6, 6.07) is 89.6. The molecule has 0 spiro atoms. The molecule has 0 radical (unpaired) electrons. The van der Waals surface area contributed by atoms with Crippen LogP contribution in [0.4, 0.5) is 34.1 Å². The lowest BCUT2D eigenvalue weighted by Gasteiger charge is -2.30. The van der Waals surface area contributed by atoms with Crippen LogP contribution in [0.3, 0.4) is 0 Å². The first-order valence-corrected chi connectivity index (χ1v) is 20.9. The Balaban J connectivity index is 1.19. The van der Waals surface area contributed by atoms with Gasteiger partial charge in [0.25, 0.3) is 0 Å². The van der Waals surface area contributed by atoms with Gasteiger partial charge in [0.05, 0.1) is 22.4 Å². The fraction of sp³-hybridized carbons (Fsp3) is 0. The molecular weight excluding hydrogens is 739 g/mol. The molecule has 3 nitrogen and oxygen atoms in total. The number of hydrogen-bond acceptors (Lipinski definition) is 2. The third kappa shape index (κ3) is 6.59. The van der Waals surface area contributed by atoms with Crippen molar-refractivity contribution in [1.82, 2.24) is 4.57 Å². The molecule has 0 saturated carbocycles. The van der Waals surface area contributed by atoms with Crippen LogP contribution in [0.15, 0.2) is 249 Å². The number of para-hydroxylation sites is 4. The number of anilines is 6. The molecular formula is C58H41N3. The number of hydrogen-bond donors (Lipinski definition) is 0. The molecule has 3 heteroatoms. The topological polar surface area (TPSA) is 11.4 Å². The Morgan fingerprint density at radius 3 is 1.44 bits per heavy atom. The van der Waals surface area contributed by atoms with Gasteiger partial charge in [-0.15, -0.1) is 0 Å². The van der Waals surface area contributed by atoms with Gasteiger partial charge in [0.1, 0.15) is 0 Å². The Labute approximate surface area is 356 Å². The van der Waals surface area contributed by atoms with Crippen LogP contribution < -0.4 is 9.80 Å². The van der Waals surface area contributed by atoms with Gasteiger partial charge in [-0.2, -0.15) is 0 Å². The van der Waals surface area contributed by atoms with Gasteiger partial charge >= 0.3 is 0 Å². The van der Waals surface area contributed by atoms with Gasteiger partial charge < -0.3 is 14.4 Å². The average Bonchev–Trinajstić information content (AvgIpc) is 3.67. The van der Waals surface area contributed by atoms with E-state index in [0.29, 0.717) is 0 Å². The van der Waals surface area contributed by atoms with Crippen molar-refractivity contribution in [2.45, 2.75) is 0 Å². The van der Waals surface area contributed by atoms with E-state index in [9.17, 15) is 0 Å². The lowest BCUT2D eigenvalue weighted by molar-refractivity contribution is 1.17. The fourth-order valence-electron chi connectivity index (χ4n) is 8.95. The van der Waals surface area contributed by atoms with E-state index in [2.05, 4.69) is 263 Å². The number of fused-ring (bicyclic) bond motifs is 4. The first-order valence-electron chi connectivity index (χ1n) is 20.9. The van der Waals surface area contributed by atoms with Crippen LogP contribution in [0.2, 0.25) is 0 Å². The van der Waals surface area contributed by atoms with Gasteiger partial charge in [0.15, 0.2) is 0 Å². The molecule has 61 heavy (non-hydrogen) atoms. The van der Waals surface area contributed by atoms with E-state index in [1.165, 1.54) is 43.8 Å². The van der Waals surface area contributed by atoms with Crippen molar-refractivity contribution in [2.75, 3.05) is 9.80 Å². The van der Waals surface area contributed by atoms with Crippen LogP contribution in [0.5, 0.6) is 0 Å². The second-order valence-corrected chi connectivity index (χ2v) is 15.4. The highest BCUT2D eigenvalue weighted by Gasteiger charge is 2.25. The minimum absolute atomic E-state index is 1.05. The Kier molecular flexibility index (Phi) is 9.18. The van der Waals surface area contributed by atoms with Crippen LogP contribution in [-0.2, 0) is 0 Å². The van der Waals surface area contributed by atoms with Gasteiger partial charge in [-0.1, -0.05) is 170 Å². The Bertz CT molecular complexity index is 3220. The third-order valence-electron chi connectivity index (χ3n) is 11.7. The summed E-state index contributed by atoms with van der Waals surface area (Å²) in [6.07, 6.45) is 0. The highest BCUT2D eigenvalue weighted by Crippen LogP contribution is 2.48. The summed E-state index contributed by atoms with van der Waals surface area (Å²) in [5.74, 6) is 0. The Morgan fingerprint density at radius 2 is 0.787 bits per heavy atom. The average molecular weight is 780 g/mol. The van der Waals surface area contributed by atoms with E-state index in [-0.39, 0.29) is 0 Å². The molecule has 10 aromatic carbocycles. The first-order chi connectivity index (χ1) is 30.3. The maximum Gasteiger partial charge on any atom is 0.0583 e. The summed E-state index contributed by atoms with van der Waals surface area (Å²) in [6.45, 7) is 0. The van der Waals surface area contributed by atoms with Crippen LogP contribution in [0, 0.1) is 0 Å². The summed E-state index contributed by atoms with van der Waals surface area (Å²) in [4.78, 5) is 4.80. The van der Waals surface area contributed by atoms with Gasteiger partial charge in [-0.05, 0) is 112 Å². The molecule has 0 unspecified atom stereocenters. The molecule has 11 rings (SSSR count). The van der Waals surface area contributed by atoms with Crippen molar-refractivity contribution in [3.8, 4) is 27.9 Å². The number of benzene rings is 10. The fourth-order valence-corrected chi connectivity index (χ4v) is 8.95. The van der Waals surface area contributed by atoms with Gasteiger partial charge in [-0.25, -0.2) is 0 Å². The second kappa shape index (κ2) is 15.6. The quantitative estimate of drug-likeness (QED) is 0.145. The van der Waals surface area contributed by atoms with Crippen molar-refractivity contribution >= 4 is 66.7 Å². The van der Waals surface area contributed by atoms with Crippen LogP contribution in [-0.4, -0.2) is 4.57 Å². The predicted molar refractivity (Wildman–Crippen MR) is 259 cm³/mol. The van der Waals surface area contributed by atoms with E-state index in [1.54, 1.807) is 0 Å². The SMILES string of the molecule is c1ccc(-c2ccc(-n3c4ccccc4c4c(N(c5ccccc5)c5ccc(-c6cccc7ccccc67)cc5)cc(N(c5ccccc5)c5ccccc5)cc43)cc2)cc1. The number of aromatic nitrogens is 1. The molecule has 0 aliphatic carbocycles. The van der Waals surface area contributed by atoms with Gasteiger partial charge in [0.2, 0.25) is 0 Å². The molecule has 1 aromatic heterocycles. The van der Waals surface area contributed by atoms with Crippen molar-refractivity contribution < 1.29 is 0 Å². The zero-order chi connectivity index (χ0) is 40.5. The maximum atomic E-state index is 2.44. The lowest BCUT2D eigenvalue weighted by Crippen LogP contribution is -2.14. The highest BCUT2D eigenvalue weighted by molar-refractivity contribution is 6.18. The van der Waals surface area contributed by atoms with Crippen molar-refractivity contribution in [2.24, 2.45) is 0 Å². The van der Waals surface area contributed by atoms with E-state index >= 15 is 0 Å². The summed E-state index contributed by atoms with van der Waals surface area (Å²) in [5, 5.41) is 4.85. The molecule has 0 saturated heterocycles. The Morgan fingerprint density at radius 1 is 0.295 bits per heavy atom. The molecule has 0 aliphatic rings. The Hall–Kier alpha value is -8.14. The summed E-state index contributed by atoms with van der Waals surface area (Å²) in [5.41, 5.74) is 14.6. The van der Waals surface area contributed by atoms with Crippen LogP contribution >= 0.6 is 0 Å². The van der Waals surface area contributed by atoms with Gasteiger partial charge in [-0.3, -0.25) is 0 Å². The molecule has 0 N–H and O–H groups in total. The molecule has 288 valence electrons. The van der Waals surface area contributed by atoms with E-state index in [1.807, 2.05) is 0 Å². The predicted octanol–water partition coefficient (Wildman–Crippen LogP) is 16.2. The van der Waals surface area contributed by atoms with E-state index in [4.69, 9.17) is 0 Å². The zero-order valence-electron chi connectivity index (χ0n) is 33.5. The van der Waals surface area contributed by atoms with Crippen molar-refractivity contribution in [1.29, 1.82) is 0 Å². The molecule has 0 atom stereocenters. The maximum absolute atomic E-state index is 2.44. The molecule has 0 amide bonds. The normalized spacial score (nSPS) is 11.3. The second-order valence-electron chi connectivity index (χ2n) is 15.4. The smallest absolute Gasteiger partial charge is 0.0583 e. The standard InChI is InChI=1S/C58H41N3/c1-5-18-42(19-6-1)43-32-36-50(37-33-43)61-55-31-16-15-29-54(55)58-56(40-51(41-57(58)61)59(46-22-7-2-8-23-46)47-24-9-3-10-25-47)60(48-26-11-4-12-27-48)49-38-34-45(35-39-49)53-30-17-21-44-20-13-14-28-52(44)53/h1-41H. The minimum atomic E-state index is 1.05. The van der Waals surface area contributed by atoms with Crippen molar-refractivity contribution in [3.05, 3.63) is 249 Å². The van der Waals surface area contributed by atoms with Crippen LogP contribution in [0.25, 0.3) is 60.5 Å². The first kappa shape index (κ1) is 36.0.